The second kappa shape index (κ2) is 5.36. The molecule has 0 saturated carbocycles. The van der Waals surface area contributed by atoms with Crippen molar-refractivity contribution in [2.24, 2.45) is 0 Å². The Morgan fingerprint density at radius 3 is 2.28 bits per heavy atom. The normalized spacial score (nSPS) is 14.4. The van der Waals surface area contributed by atoms with E-state index in [4.69, 9.17) is 4.52 Å². The molecule has 0 aliphatic carbocycles. The Bertz CT molecular complexity index is 485. The minimum atomic E-state index is 0.228. The van der Waals surface area contributed by atoms with Gasteiger partial charge in [0, 0.05) is 17.6 Å². The van der Waals surface area contributed by atoms with Crippen molar-refractivity contribution in [2.45, 2.75) is 39.8 Å². The van der Waals surface area contributed by atoms with E-state index in [2.05, 4.69) is 48.6 Å². The Morgan fingerprint density at radius 2 is 1.72 bits per heavy atom. The summed E-state index contributed by atoms with van der Waals surface area (Å²) in [5.41, 5.74) is 3.42. The highest BCUT2D eigenvalue weighted by atomic mass is 16.5. The van der Waals surface area contributed by atoms with Gasteiger partial charge in [0.1, 0.15) is 5.76 Å². The second-order valence-corrected chi connectivity index (χ2v) is 4.76. The number of benzene rings is 1. The molecule has 0 saturated heterocycles. The molecule has 1 N–H and O–H groups in total. The van der Waals surface area contributed by atoms with Gasteiger partial charge >= 0.3 is 0 Å². The summed E-state index contributed by atoms with van der Waals surface area (Å²) in [6.07, 6.45) is 0. The van der Waals surface area contributed by atoms with Crippen LogP contribution in [0.15, 0.2) is 34.9 Å². The lowest BCUT2D eigenvalue weighted by molar-refractivity contribution is 0.389. The Hall–Kier alpha value is -1.61. The van der Waals surface area contributed by atoms with E-state index in [9.17, 15) is 0 Å². The van der Waals surface area contributed by atoms with E-state index in [-0.39, 0.29) is 6.04 Å². The van der Waals surface area contributed by atoms with Crippen LogP contribution in [0.3, 0.4) is 0 Å². The molecular weight excluding hydrogens is 224 g/mol. The molecule has 96 valence electrons. The minimum absolute atomic E-state index is 0.228. The van der Waals surface area contributed by atoms with Gasteiger partial charge in [-0.2, -0.15) is 0 Å². The van der Waals surface area contributed by atoms with Crippen LogP contribution in [-0.2, 0) is 0 Å². The maximum Gasteiger partial charge on any atom is 0.138 e. The summed E-state index contributed by atoms with van der Waals surface area (Å²) in [4.78, 5) is 0. The lowest BCUT2D eigenvalue weighted by atomic mass is 10.0. The molecular formula is C15H20N2O. The van der Waals surface area contributed by atoms with Gasteiger partial charge < -0.3 is 9.84 Å². The average Bonchev–Trinajstić information content (AvgIpc) is 2.70. The maximum atomic E-state index is 5.21. The van der Waals surface area contributed by atoms with Crippen LogP contribution < -0.4 is 5.32 Å². The first-order valence-electron chi connectivity index (χ1n) is 6.33. The van der Waals surface area contributed by atoms with Crippen LogP contribution >= 0.6 is 0 Å². The monoisotopic (exact) mass is 244 g/mol. The van der Waals surface area contributed by atoms with Crippen molar-refractivity contribution in [2.75, 3.05) is 0 Å². The van der Waals surface area contributed by atoms with Crippen LogP contribution in [0.1, 0.15) is 48.5 Å². The Labute approximate surface area is 108 Å². The molecule has 18 heavy (non-hydrogen) atoms. The maximum absolute atomic E-state index is 5.21. The fourth-order valence-electron chi connectivity index (χ4n) is 2.40. The first kappa shape index (κ1) is 12.8. The Morgan fingerprint density at radius 1 is 1.06 bits per heavy atom. The molecule has 2 unspecified atom stereocenters. The highest BCUT2D eigenvalue weighted by molar-refractivity contribution is 5.25. The lowest BCUT2D eigenvalue weighted by Crippen LogP contribution is -2.23. The van der Waals surface area contributed by atoms with E-state index < -0.39 is 0 Å². The van der Waals surface area contributed by atoms with Gasteiger partial charge in [-0.05, 0) is 33.3 Å². The van der Waals surface area contributed by atoms with Crippen molar-refractivity contribution in [1.82, 2.24) is 10.5 Å². The summed E-state index contributed by atoms with van der Waals surface area (Å²) in [7, 11) is 0. The number of nitrogens with zero attached hydrogens (tertiary/aromatic N) is 1. The molecule has 3 heteroatoms. The zero-order valence-corrected chi connectivity index (χ0v) is 11.4. The van der Waals surface area contributed by atoms with Crippen molar-refractivity contribution in [1.29, 1.82) is 0 Å². The molecule has 2 aromatic rings. The summed E-state index contributed by atoms with van der Waals surface area (Å²) in [5, 5.41) is 7.58. The highest BCUT2D eigenvalue weighted by Gasteiger charge is 2.18. The van der Waals surface area contributed by atoms with Crippen molar-refractivity contribution >= 4 is 0 Å². The summed E-state index contributed by atoms with van der Waals surface area (Å²) in [6.45, 7) is 8.26. The van der Waals surface area contributed by atoms with Crippen LogP contribution in [0.25, 0.3) is 0 Å². The quantitative estimate of drug-likeness (QED) is 0.891. The molecule has 0 radical (unpaired) electrons. The standard InChI is InChI=1S/C15H20N2O/c1-10(14-8-6-5-7-9-14)16-11(2)15-12(3)17-18-13(15)4/h5-11,16H,1-4H3. The molecule has 0 amide bonds. The van der Waals surface area contributed by atoms with Crippen molar-refractivity contribution in [3.05, 3.63) is 52.9 Å². The summed E-state index contributed by atoms with van der Waals surface area (Å²) >= 11 is 0. The third kappa shape index (κ3) is 2.62. The van der Waals surface area contributed by atoms with Crippen molar-refractivity contribution in [3.63, 3.8) is 0 Å². The van der Waals surface area contributed by atoms with Crippen LogP contribution in [0, 0.1) is 13.8 Å². The third-order valence-electron chi connectivity index (χ3n) is 3.32. The lowest BCUT2D eigenvalue weighted by Gasteiger charge is -2.20. The highest BCUT2D eigenvalue weighted by Crippen LogP contribution is 2.24. The van der Waals surface area contributed by atoms with Crippen molar-refractivity contribution < 1.29 is 4.52 Å². The van der Waals surface area contributed by atoms with Gasteiger partial charge in [0.05, 0.1) is 5.69 Å². The summed E-state index contributed by atoms with van der Waals surface area (Å²) in [5.74, 6) is 0.896. The average molecular weight is 244 g/mol. The van der Waals surface area contributed by atoms with Crippen molar-refractivity contribution in [3.8, 4) is 0 Å². The molecule has 0 spiro atoms. The van der Waals surface area contributed by atoms with Gasteiger partial charge in [0.2, 0.25) is 0 Å². The van der Waals surface area contributed by atoms with E-state index in [0.29, 0.717) is 6.04 Å². The molecule has 1 aromatic carbocycles. The zero-order chi connectivity index (χ0) is 13.1. The molecule has 3 nitrogen and oxygen atoms in total. The summed E-state index contributed by atoms with van der Waals surface area (Å²) in [6, 6.07) is 11.0. The van der Waals surface area contributed by atoms with Crippen LogP contribution in [-0.4, -0.2) is 5.16 Å². The predicted molar refractivity (Wildman–Crippen MR) is 72.4 cm³/mol. The molecule has 2 rings (SSSR count). The Kier molecular flexibility index (Phi) is 3.82. The van der Waals surface area contributed by atoms with E-state index in [1.54, 1.807) is 0 Å². The van der Waals surface area contributed by atoms with Gasteiger partial charge in [-0.25, -0.2) is 0 Å². The van der Waals surface area contributed by atoms with E-state index in [1.807, 2.05) is 19.9 Å². The topological polar surface area (TPSA) is 38.1 Å². The first-order valence-corrected chi connectivity index (χ1v) is 6.33. The minimum Gasteiger partial charge on any atom is -0.361 e. The van der Waals surface area contributed by atoms with E-state index in [1.165, 1.54) is 5.56 Å². The van der Waals surface area contributed by atoms with Gasteiger partial charge in [0.25, 0.3) is 0 Å². The fraction of sp³-hybridized carbons (Fsp3) is 0.400. The van der Waals surface area contributed by atoms with Crippen LogP contribution in [0.5, 0.6) is 0 Å². The molecule has 0 aliphatic heterocycles. The first-order chi connectivity index (χ1) is 8.59. The Balaban J connectivity index is 2.11. The smallest absolute Gasteiger partial charge is 0.138 e. The number of hydrogen-bond acceptors (Lipinski definition) is 3. The van der Waals surface area contributed by atoms with Gasteiger partial charge in [0.15, 0.2) is 0 Å². The number of aryl methyl sites for hydroxylation is 2. The molecule has 0 aliphatic rings. The molecule has 1 aromatic heterocycles. The second-order valence-electron chi connectivity index (χ2n) is 4.76. The summed E-state index contributed by atoms with van der Waals surface area (Å²) < 4.78 is 5.21. The fourth-order valence-corrected chi connectivity index (χ4v) is 2.40. The number of nitrogens with one attached hydrogen (secondary N) is 1. The molecule has 2 atom stereocenters. The predicted octanol–water partition coefficient (Wildman–Crippen LogP) is 3.70. The number of aromatic nitrogens is 1. The number of hydrogen-bond donors (Lipinski definition) is 1. The zero-order valence-electron chi connectivity index (χ0n) is 11.4. The number of rotatable bonds is 4. The van der Waals surface area contributed by atoms with E-state index in [0.717, 1.165) is 17.0 Å². The van der Waals surface area contributed by atoms with E-state index >= 15 is 0 Å². The van der Waals surface area contributed by atoms with Gasteiger partial charge in [-0.1, -0.05) is 35.5 Å². The largest absolute Gasteiger partial charge is 0.361 e. The van der Waals surface area contributed by atoms with Gasteiger partial charge in [-0.15, -0.1) is 0 Å². The van der Waals surface area contributed by atoms with Crippen LogP contribution in [0.2, 0.25) is 0 Å². The SMILES string of the molecule is Cc1noc(C)c1C(C)NC(C)c1ccccc1. The molecule has 0 bridgehead atoms. The van der Waals surface area contributed by atoms with Gasteiger partial charge in [-0.3, -0.25) is 0 Å². The molecule has 1 heterocycles. The molecule has 0 fully saturated rings. The third-order valence-corrected chi connectivity index (χ3v) is 3.32. The van der Waals surface area contributed by atoms with Crippen LogP contribution in [0.4, 0.5) is 0 Å².